The SMILES string of the molecule is CCc1nc(CNCc2cccc([N+](=O)[O-])c2C)cs1. The zero-order chi connectivity index (χ0) is 14.5. The van der Waals surface area contributed by atoms with Gasteiger partial charge in [-0.1, -0.05) is 19.1 Å². The summed E-state index contributed by atoms with van der Waals surface area (Å²) >= 11 is 1.66. The molecule has 0 saturated heterocycles. The highest BCUT2D eigenvalue weighted by Gasteiger charge is 2.12. The van der Waals surface area contributed by atoms with Gasteiger partial charge in [-0.15, -0.1) is 11.3 Å². The summed E-state index contributed by atoms with van der Waals surface area (Å²) < 4.78 is 0. The summed E-state index contributed by atoms with van der Waals surface area (Å²) in [5.41, 5.74) is 2.86. The van der Waals surface area contributed by atoms with E-state index in [9.17, 15) is 10.1 Å². The van der Waals surface area contributed by atoms with Crippen LogP contribution in [-0.4, -0.2) is 9.91 Å². The smallest absolute Gasteiger partial charge is 0.272 e. The van der Waals surface area contributed by atoms with Crippen LogP contribution in [0.15, 0.2) is 23.6 Å². The number of hydrogen-bond acceptors (Lipinski definition) is 5. The molecule has 0 aliphatic rings. The summed E-state index contributed by atoms with van der Waals surface area (Å²) in [6.07, 6.45) is 0.953. The van der Waals surface area contributed by atoms with Gasteiger partial charge in [0.1, 0.15) is 0 Å². The van der Waals surface area contributed by atoms with Crippen molar-refractivity contribution in [2.75, 3.05) is 0 Å². The van der Waals surface area contributed by atoms with Crippen LogP contribution in [0, 0.1) is 17.0 Å². The lowest BCUT2D eigenvalue weighted by molar-refractivity contribution is -0.385. The van der Waals surface area contributed by atoms with Gasteiger partial charge in [-0.05, 0) is 18.9 Å². The molecule has 1 aromatic carbocycles. The second-order valence-corrected chi connectivity index (χ2v) is 5.45. The van der Waals surface area contributed by atoms with Crippen molar-refractivity contribution >= 4 is 17.0 Å². The molecule has 0 saturated carbocycles. The lowest BCUT2D eigenvalue weighted by Gasteiger charge is -2.07. The third kappa shape index (κ3) is 3.40. The highest BCUT2D eigenvalue weighted by molar-refractivity contribution is 7.09. The van der Waals surface area contributed by atoms with Crippen molar-refractivity contribution in [3.05, 3.63) is 55.5 Å². The largest absolute Gasteiger partial charge is 0.307 e. The third-order valence-corrected chi connectivity index (χ3v) is 4.18. The van der Waals surface area contributed by atoms with Gasteiger partial charge in [-0.25, -0.2) is 4.98 Å². The van der Waals surface area contributed by atoms with Crippen molar-refractivity contribution in [2.24, 2.45) is 0 Å². The lowest BCUT2D eigenvalue weighted by Crippen LogP contribution is -2.14. The molecule has 0 radical (unpaired) electrons. The normalized spacial score (nSPS) is 10.7. The van der Waals surface area contributed by atoms with Gasteiger partial charge in [-0.3, -0.25) is 10.1 Å². The van der Waals surface area contributed by atoms with E-state index in [-0.39, 0.29) is 10.6 Å². The second-order valence-electron chi connectivity index (χ2n) is 4.51. The Labute approximate surface area is 121 Å². The Hall–Kier alpha value is -1.79. The standard InChI is InChI=1S/C14H17N3O2S/c1-3-14-16-12(9-20-14)8-15-7-11-5-4-6-13(10(11)2)17(18)19/h4-6,9,15H,3,7-8H2,1-2H3. The summed E-state index contributed by atoms with van der Waals surface area (Å²) in [5, 5.41) is 17.3. The molecule has 106 valence electrons. The number of benzene rings is 1. The van der Waals surface area contributed by atoms with Crippen molar-refractivity contribution in [1.29, 1.82) is 0 Å². The number of nitro groups is 1. The van der Waals surface area contributed by atoms with Gasteiger partial charge in [0.15, 0.2) is 0 Å². The molecule has 1 heterocycles. The van der Waals surface area contributed by atoms with Crippen LogP contribution < -0.4 is 5.32 Å². The summed E-state index contributed by atoms with van der Waals surface area (Å²) in [7, 11) is 0. The Morgan fingerprint density at radius 2 is 2.20 bits per heavy atom. The van der Waals surface area contributed by atoms with E-state index in [4.69, 9.17) is 0 Å². The Balaban J connectivity index is 1.97. The van der Waals surface area contributed by atoms with Gasteiger partial charge in [0, 0.05) is 30.1 Å². The molecule has 5 nitrogen and oxygen atoms in total. The Morgan fingerprint density at radius 1 is 1.40 bits per heavy atom. The predicted molar refractivity (Wildman–Crippen MR) is 79.9 cm³/mol. The highest BCUT2D eigenvalue weighted by Crippen LogP contribution is 2.21. The van der Waals surface area contributed by atoms with E-state index in [1.54, 1.807) is 24.3 Å². The first kappa shape index (κ1) is 14.6. The highest BCUT2D eigenvalue weighted by atomic mass is 32.1. The second kappa shape index (κ2) is 6.58. The Bertz CT molecular complexity index is 610. The molecule has 2 aromatic rings. The summed E-state index contributed by atoms with van der Waals surface area (Å²) in [5.74, 6) is 0. The van der Waals surface area contributed by atoms with Gasteiger partial charge >= 0.3 is 0 Å². The molecular formula is C14H17N3O2S. The molecule has 0 aliphatic heterocycles. The molecule has 6 heteroatoms. The number of nitrogens with zero attached hydrogens (tertiary/aromatic N) is 2. The van der Waals surface area contributed by atoms with E-state index in [1.807, 2.05) is 11.4 Å². The van der Waals surface area contributed by atoms with Crippen molar-refractivity contribution < 1.29 is 4.92 Å². The predicted octanol–water partition coefficient (Wildman–Crippen LogP) is 3.21. The molecule has 0 unspecified atom stereocenters. The fourth-order valence-corrected chi connectivity index (χ4v) is 2.72. The summed E-state index contributed by atoms with van der Waals surface area (Å²) in [6.45, 7) is 5.15. The molecule has 0 aliphatic carbocycles. The lowest BCUT2D eigenvalue weighted by atomic mass is 10.1. The molecule has 20 heavy (non-hydrogen) atoms. The Kier molecular flexibility index (Phi) is 4.81. The van der Waals surface area contributed by atoms with E-state index in [1.165, 1.54) is 6.07 Å². The molecule has 0 bridgehead atoms. The number of nitro benzene ring substituents is 1. The number of rotatable bonds is 6. The number of nitrogens with one attached hydrogen (secondary N) is 1. The minimum Gasteiger partial charge on any atom is -0.307 e. The molecule has 0 spiro atoms. The van der Waals surface area contributed by atoms with Crippen LogP contribution in [0.2, 0.25) is 0 Å². The zero-order valence-corrected chi connectivity index (χ0v) is 12.4. The maximum absolute atomic E-state index is 10.9. The molecule has 2 rings (SSSR count). The molecule has 1 N–H and O–H groups in total. The van der Waals surface area contributed by atoms with Crippen LogP contribution in [0.3, 0.4) is 0 Å². The zero-order valence-electron chi connectivity index (χ0n) is 11.5. The average Bonchev–Trinajstić information content (AvgIpc) is 2.88. The summed E-state index contributed by atoms with van der Waals surface area (Å²) in [4.78, 5) is 15.0. The average molecular weight is 291 g/mol. The maximum atomic E-state index is 10.9. The maximum Gasteiger partial charge on any atom is 0.272 e. The van der Waals surface area contributed by atoms with Crippen LogP contribution in [0.5, 0.6) is 0 Å². The van der Waals surface area contributed by atoms with Crippen LogP contribution in [0.25, 0.3) is 0 Å². The first-order chi connectivity index (χ1) is 9.61. The minimum atomic E-state index is -0.340. The summed E-state index contributed by atoms with van der Waals surface area (Å²) in [6, 6.07) is 5.17. The van der Waals surface area contributed by atoms with Crippen LogP contribution in [0.1, 0.15) is 28.8 Å². The first-order valence-corrected chi connectivity index (χ1v) is 7.36. The van der Waals surface area contributed by atoms with Gasteiger partial charge in [-0.2, -0.15) is 0 Å². The third-order valence-electron chi connectivity index (χ3n) is 3.14. The van der Waals surface area contributed by atoms with Gasteiger partial charge in [0.25, 0.3) is 5.69 Å². The van der Waals surface area contributed by atoms with Gasteiger partial charge in [0.2, 0.25) is 0 Å². The van der Waals surface area contributed by atoms with Crippen molar-refractivity contribution in [3.63, 3.8) is 0 Å². The molecule has 1 aromatic heterocycles. The first-order valence-electron chi connectivity index (χ1n) is 6.48. The van der Waals surface area contributed by atoms with Crippen LogP contribution in [-0.2, 0) is 19.5 Å². The molecule has 0 atom stereocenters. The van der Waals surface area contributed by atoms with Crippen molar-refractivity contribution in [3.8, 4) is 0 Å². The quantitative estimate of drug-likeness (QED) is 0.655. The monoisotopic (exact) mass is 291 g/mol. The van der Waals surface area contributed by atoms with Crippen molar-refractivity contribution in [2.45, 2.75) is 33.4 Å². The number of aryl methyl sites for hydroxylation is 1. The van der Waals surface area contributed by atoms with Gasteiger partial charge in [0.05, 0.1) is 15.6 Å². The number of thiazole rings is 1. The van der Waals surface area contributed by atoms with Crippen LogP contribution in [0.4, 0.5) is 5.69 Å². The minimum absolute atomic E-state index is 0.172. The van der Waals surface area contributed by atoms with E-state index in [2.05, 4.69) is 17.2 Å². The van der Waals surface area contributed by atoms with E-state index in [0.717, 1.165) is 28.2 Å². The van der Waals surface area contributed by atoms with Gasteiger partial charge < -0.3 is 5.32 Å². The topological polar surface area (TPSA) is 68.1 Å². The number of hydrogen-bond donors (Lipinski definition) is 1. The Morgan fingerprint density at radius 3 is 2.85 bits per heavy atom. The molecule has 0 amide bonds. The molecule has 0 fully saturated rings. The fourth-order valence-electron chi connectivity index (χ4n) is 1.98. The van der Waals surface area contributed by atoms with E-state index >= 15 is 0 Å². The molecular weight excluding hydrogens is 274 g/mol. The van der Waals surface area contributed by atoms with Crippen molar-refractivity contribution in [1.82, 2.24) is 10.3 Å². The number of aromatic nitrogens is 1. The van der Waals surface area contributed by atoms with E-state index in [0.29, 0.717) is 13.1 Å². The van der Waals surface area contributed by atoms with E-state index < -0.39 is 0 Å². The fraction of sp³-hybridized carbons (Fsp3) is 0.357. The van der Waals surface area contributed by atoms with Crippen LogP contribution >= 0.6 is 11.3 Å².